The SMILES string of the molecule is CC(=C(Cl)c1ccccc1)[N+](=O)[O-]. The summed E-state index contributed by atoms with van der Waals surface area (Å²) in [5.41, 5.74) is 0.631. The summed E-state index contributed by atoms with van der Waals surface area (Å²) in [6.07, 6.45) is 0. The molecule has 0 atom stereocenters. The Morgan fingerprint density at radius 3 is 2.38 bits per heavy atom. The lowest BCUT2D eigenvalue weighted by atomic mass is 10.2. The first kappa shape index (κ1) is 9.74. The van der Waals surface area contributed by atoms with Gasteiger partial charge < -0.3 is 0 Å². The van der Waals surface area contributed by atoms with Gasteiger partial charge in [-0.3, -0.25) is 10.1 Å². The predicted octanol–water partition coefficient (Wildman–Crippen LogP) is 2.89. The van der Waals surface area contributed by atoms with Crippen LogP contribution in [0.2, 0.25) is 0 Å². The molecular formula is C9H8ClNO2. The second-order valence-electron chi connectivity index (χ2n) is 2.52. The van der Waals surface area contributed by atoms with E-state index in [4.69, 9.17) is 11.6 Å². The third-order valence-electron chi connectivity index (χ3n) is 1.62. The van der Waals surface area contributed by atoms with Crippen molar-refractivity contribution in [1.29, 1.82) is 0 Å². The Balaban J connectivity index is 3.11. The number of nitrogens with zero attached hydrogens (tertiary/aromatic N) is 1. The van der Waals surface area contributed by atoms with E-state index in [1.165, 1.54) is 6.92 Å². The topological polar surface area (TPSA) is 43.1 Å². The zero-order valence-corrected chi connectivity index (χ0v) is 7.78. The number of benzene rings is 1. The highest BCUT2D eigenvalue weighted by atomic mass is 35.5. The maximum atomic E-state index is 10.4. The average molecular weight is 198 g/mol. The van der Waals surface area contributed by atoms with E-state index in [1.54, 1.807) is 24.3 Å². The Morgan fingerprint density at radius 1 is 1.38 bits per heavy atom. The van der Waals surface area contributed by atoms with Gasteiger partial charge in [0.15, 0.2) is 0 Å². The van der Waals surface area contributed by atoms with Gasteiger partial charge in [-0.25, -0.2) is 0 Å². The molecule has 0 N–H and O–H groups in total. The highest BCUT2D eigenvalue weighted by Crippen LogP contribution is 2.22. The monoisotopic (exact) mass is 197 g/mol. The zero-order chi connectivity index (χ0) is 9.84. The molecule has 0 aliphatic carbocycles. The van der Waals surface area contributed by atoms with Crippen LogP contribution in [0.1, 0.15) is 12.5 Å². The van der Waals surface area contributed by atoms with Crippen molar-refractivity contribution in [3.63, 3.8) is 0 Å². The molecule has 3 nitrogen and oxygen atoms in total. The highest BCUT2D eigenvalue weighted by molar-refractivity contribution is 6.49. The van der Waals surface area contributed by atoms with Crippen molar-refractivity contribution in [1.82, 2.24) is 0 Å². The van der Waals surface area contributed by atoms with Crippen LogP contribution in [0, 0.1) is 10.1 Å². The molecule has 0 fully saturated rings. The minimum atomic E-state index is -0.491. The van der Waals surface area contributed by atoms with E-state index in [1.807, 2.05) is 6.07 Å². The summed E-state index contributed by atoms with van der Waals surface area (Å²) >= 11 is 5.79. The molecule has 13 heavy (non-hydrogen) atoms. The first-order valence-electron chi connectivity index (χ1n) is 3.69. The maximum Gasteiger partial charge on any atom is 0.262 e. The van der Waals surface area contributed by atoms with Gasteiger partial charge in [-0.1, -0.05) is 41.9 Å². The second kappa shape index (κ2) is 4.05. The maximum absolute atomic E-state index is 10.4. The van der Waals surface area contributed by atoms with Crippen molar-refractivity contribution in [3.05, 3.63) is 51.7 Å². The van der Waals surface area contributed by atoms with Crippen molar-refractivity contribution in [2.45, 2.75) is 6.92 Å². The van der Waals surface area contributed by atoms with Crippen LogP contribution in [0.4, 0.5) is 0 Å². The summed E-state index contributed by atoms with van der Waals surface area (Å²) in [6.45, 7) is 1.38. The van der Waals surface area contributed by atoms with Gasteiger partial charge in [0, 0.05) is 6.92 Å². The van der Waals surface area contributed by atoms with Crippen molar-refractivity contribution >= 4 is 16.6 Å². The van der Waals surface area contributed by atoms with E-state index in [-0.39, 0.29) is 10.7 Å². The lowest BCUT2D eigenvalue weighted by Crippen LogP contribution is -1.95. The molecule has 0 radical (unpaired) electrons. The van der Waals surface area contributed by atoms with Crippen LogP contribution in [0.25, 0.3) is 5.03 Å². The second-order valence-corrected chi connectivity index (χ2v) is 2.90. The van der Waals surface area contributed by atoms with Gasteiger partial charge in [-0.15, -0.1) is 0 Å². The van der Waals surface area contributed by atoms with Crippen LogP contribution in [0.5, 0.6) is 0 Å². The lowest BCUT2D eigenvalue weighted by molar-refractivity contribution is -0.423. The number of hydrogen-bond donors (Lipinski definition) is 0. The Morgan fingerprint density at radius 2 is 1.92 bits per heavy atom. The van der Waals surface area contributed by atoms with Crippen LogP contribution < -0.4 is 0 Å². The Kier molecular flexibility index (Phi) is 3.03. The molecule has 0 heterocycles. The first-order chi connectivity index (χ1) is 6.13. The largest absolute Gasteiger partial charge is 0.262 e. The van der Waals surface area contributed by atoms with E-state index in [9.17, 15) is 10.1 Å². The lowest BCUT2D eigenvalue weighted by Gasteiger charge is -1.97. The van der Waals surface area contributed by atoms with E-state index < -0.39 is 4.92 Å². The highest BCUT2D eigenvalue weighted by Gasteiger charge is 2.11. The van der Waals surface area contributed by atoms with Crippen molar-refractivity contribution in [3.8, 4) is 0 Å². The fourth-order valence-corrected chi connectivity index (χ4v) is 1.07. The molecule has 1 aromatic rings. The third kappa shape index (κ3) is 2.29. The molecule has 0 aromatic heterocycles. The summed E-state index contributed by atoms with van der Waals surface area (Å²) in [5, 5.41) is 10.6. The Labute approximate surface area is 80.8 Å². The number of halogens is 1. The van der Waals surface area contributed by atoms with Crippen LogP contribution in [-0.4, -0.2) is 4.92 Å². The molecule has 0 amide bonds. The number of allylic oxidation sites excluding steroid dienone is 1. The summed E-state index contributed by atoms with van der Waals surface area (Å²) in [7, 11) is 0. The molecule has 68 valence electrons. The van der Waals surface area contributed by atoms with E-state index in [0.29, 0.717) is 5.56 Å². The third-order valence-corrected chi connectivity index (χ3v) is 2.11. The standard InChI is InChI=1S/C9H8ClNO2/c1-7(11(12)13)9(10)8-5-3-2-4-6-8/h2-6H,1H3. The smallest absolute Gasteiger partial charge is 0.259 e. The van der Waals surface area contributed by atoms with Crippen LogP contribution in [0.3, 0.4) is 0 Å². The summed E-state index contributed by atoms with van der Waals surface area (Å²) < 4.78 is 0. The molecule has 0 aliphatic heterocycles. The average Bonchev–Trinajstić information content (AvgIpc) is 2.17. The minimum Gasteiger partial charge on any atom is -0.259 e. The Bertz CT molecular complexity index is 346. The van der Waals surface area contributed by atoms with Gasteiger partial charge in [0.05, 0.1) is 4.92 Å². The fourth-order valence-electron chi connectivity index (χ4n) is 0.874. The number of rotatable bonds is 2. The summed E-state index contributed by atoms with van der Waals surface area (Å²) in [4.78, 5) is 9.89. The van der Waals surface area contributed by atoms with E-state index in [2.05, 4.69) is 0 Å². The molecule has 0 unspecified atom stereocenters. The van der Waals surface area contributed by atoms with Gasteiger partial charge in [0.1, 0.15) is 5.03 Å². The molecule has 1 aromatic carbocycles. The normalized spacial score (nSPS) is 12.2. The van der Waals surface area contributed by atoms with Gasteiger partial charge in [-0.05, 0) is 5.56 Å². The molecule has 0 saturated carbocycles. The molecule has 0 aliphatic rings. The minimum absolute atomic E-state index is 0.0344. The summed E-state index contributed by atoms with van der Waals surface area (Å²) in [6, 6.07) is 8.86. The van der Waals surface area contributed by atoms with Crippen molar-refractivity contribution in [2.75, 3.05) is 0 Å². The molecule has 0 spiro atoms. The predicted molar refractivity (Wildman–Crippen MR) is 51.9 cm³/mol. The van der Waals surface area contributed by atoms with Crippen LogP contribution in [0.15, 0.2) is 36.0 Å². The fraction of sp³-hybridized carbons (Fsp3) is 0.111. The molecule has 4 heteroatoms. The molecule has 1 rings (SSSR count). The van der Waals surface area contributed by atoms with Crippen LogP contribution in [-0.2, 0) is 0 Å². The van der Waals surface area contributed by atoms with Gasteiger partial charge in [0.25, 0.3) is 5.70 Å². The van der Waals surface area contributed by atoms with E-state index >= 15 is 0 Å². The molecule has 0 saturated heterocycles. The van der Waals surface area contributed by atoms with Crippen molar-refractivity contribution < 1.29 is 4.92 Å². The van der Waals surface area contributed by atoms with E-state index in [0.717, 1.165) is 0 Å². The zero-order valence-electron chi connectivity index (χ0n) is 7.03. The first-order valence-corrected chi connectivity index (χ1v) is 4.07. The molecule has 0 bridgehead atoms. The number of hydrogen-bond acceptors (Lipinski definition) is 2. The van der Waals surface area contributed by atoms with Gasteiger partial charge >= 0.3 is 0 Å². The van der Waals surface area contributed by atoms with Crippen LogP contribution >= 0.6 is 11.6 Å². The quantitative estimate of drug-likeness (QED) is 0.541. The summed E-state index contributed by atoms with van der Waals surface area (Å²) in [5.74, 6) is 0. The molecular weight excluding hydrogens is 190 g/mol. The Hall–Kier alpha value is -1.35. The number of nitro groups is 1. The van der Waals surface area contributed by atoms with Gasteiger partial charge in [0.2, 0.25) is 0 Å². The van der Waals surface area contributed by atoms with Crippen molar-refractivity contribution in [2.24, 2.45) is 0 Å². The van der Waals surface area contributed by atoms with Gasteiger partial charge in [-0.2, -0.15) is 0 Å².